The minimum absolute atomic E-state index is 0.0928. The first kappa shape index (κ1) is 11.7. The van der Waals surface area contributed by atoms with Crippen LogP contribution in [0.25, 0.3) is 5.65 Å². The van der Waals surface area contributed by atoms with Gasteiger partial charge in [0, 0.05) is 19.0 Å². The lowest BCUT2D eigenvalue weighted by atomic mass is 10.4. The summed E-state index contributed by atoms with van der Waals surface area (Å²) in [5, 5.41) is 0. The maximum atomic E-state index is 5.69. The molecule has 0 radical (unpaired) electrons. The molecule has 0 aliphatic heterocycles. The van der Waals surface area contributed by atoms with Gasteiger partial charge in [-0.25, -0.2) is 4.98 Å². The van der Waals surface area contributed by atoms with E-state index < -0.39 is 0 Å². The molecule has 0 amide bonds. The van der Waals surface area contributed by atoms with Crippen molar-refractivity contribution in [3.05, 3.63) is 18.6 Å². The second-order valence-electron chi connectivity index (χ2n) is 3.72. The van der Waals surface area contributed by atoms with E-state index in [0.717, 1.165) is 0 Å². The number of anilines is 1. The Labute approximate surface area is 99.4 Å². The summed E-state index contributed by atoms with van der Waals surface area (Å²) in [5.41, 5.74) is 6.34. The normalized spacial score (nSPS) is 12.8. The zero-order valence-electron chi connectivity index (χ0n) is 9.96. The molecular formula is C11H16N4O2. The van der Waals surface area contributed by atoms with E-state index in [9.17, 15) is 0 Å². The van der Waals surface area contributed by atoms with Gasteiger partial charge in [0.1, 0.15) is 11.9 Å². The van der Waals surface area contributed by atoms with Gasteiger partial charge in [0.2, 0.25) is 5.65 Å². The van der Waals surface area contributed by atoms with Crippen LogP contribution in [0.4, 0.5) is 5.82 Å². The molecule has 0 saturated carbocycles. The second kappa shape index (κ2) is 5.01. The molecule has 2 N–H and O–H groups in total. The molecule has 6 nitrogen and oxygen atoms in total. The summed E-state index contributed by atoms with van der Waals surface area (Å²) in [4.78, 5) is 8.31. The van der Waals surface area contributed by atoms with Gasteiger partial charge in [0.05, 0.1) is 12.8 Å². The third kappa shape index (κ3) is 2.65. The highest BCUT2D eigenvalue weighted by atomic mass is 16.5. The van der Waals surface area contributed by atoms with Crippen LogP contribution in [0.1, 0.15) is 13.8 Å². The number of hydrogen-bond donors (Lipinski definition) is 1. The smallest absolute Gasteiger partial charge is 0.260 e. The molecule has 2 aromatic rings. The van der Waals surface area contributed by atoms with Gasteiger partial charge in [0.15, 0.2) is 0 Å². The Morgan fingerprint density at radius 2 is 2.35 bits per heavy atom. The van der Waals surface area contributed by atoms with Crippen LogP contribution in [-0.2, 0) is 4.74 Å². The van der Waals surface area contributed by atoms with Crippen LogP contribution in [0, 0.1) is 0 Å². The molecular weight excluding hydrogens is 220 g/mol. The molecule has 6 heteroatoms. The maximum absolute atomic E-state index is 5.69. The molecule has 2 aromatic heterocycles. The lowest BCUT2D eigenvalue weighted by Crippen LogP contribution is -2.20. The van der Waals surface area contributed by atoms with Crippen molar-refractivity contribution < 1.29 is 9.47 Å². The lowest BCUT2D eigenvalue weighted by Gasteiger charge is -2.14. The van der Waals surface area contributed by atoms with Gasteiger partial charge >= 0.3 is 0 Å². The van der Waals surface area contributed by atoms with Gasteiger partial charge in [-0.1, -0.05) is 0 Å². The summed E-state index contributed by atoms with van der Waals surface area (Å²) in [7, 11) is 0. The fourth-order valence-corrected chi connectivity index (χ4v) is 1.51. The molecule has 0 saturated heterocycles. The van der Waals surface area contributed by atoms with E-state index in [1.807, 2.05) is 13.8 Å². The van der Waals surface area contributed by atoms with E-state index in [4.69, 9.17) is 15.2 Å². The molecule has 17 heavy (non-hydrogen) atoms. The van der Waals surface area contributed by atoms with Crippen molar-refractivity contribution in [2.45, 2.75) is 20.0 Å². The van der Waals surface area contributed by atoms with E-state index in [2.05, 4.69) is 9.97 Å². The fraction of sp³-hybridized carbons (Fsp3) is 0.455. The Balaban J connectivity index is 2.19. The van der Waals surface area contributed by atoms with E-state index in [0.29, 0.717) is 30.6 Å². The van der Waals surface area contributed by atoms with Gasteiger partial charge in [-0.05, 0) is 13.8 Å². The van der Waals surface area contributed by atoms with Gasteiger partial charge in [-0.3, -0.25) is 4.40 Å². The molecule has 0 fully saturated rings. The van der Waals surface area contributed by atoms with Crippen molar-refractivity contribution in [1.82, 2.24) is 14.4 Å². The Morgan fingerprint density at radius 1 is 1.53 bits per heavy atom. The summed E-state index contributed by atoms with van der Waals surface area (Å²) in [6, 6.07) is 0. The number of nitrogens with two attached hydrogens (primary N) is 1. The van der Waals surface area contributed by atoms with E-state index in [-0.39, 0.29) is 6.10 Å². The Bertz CT molecular complexity index is 497. The third-order valence-corrected chi connectivity index (χ3v) is 2.23. The highest BCUT2D eigenvalue weighted by Gasteiger charge is 2.11. The van der Waals surface area contributed by atoms with Gasteiger partial charge in [-0.2, -0.15) is 4.98 Å². The Kier molecular flexibility index (Phi) is 3.43. The highest BCUT2D eigenvalue weighted by molar-refractivity contribution is 5.52. The summed E-state index contributed by atoms with van der Waals surface area (Å²) < 4.78 is 12.7. The van der Waals surface area contributed by atoms with Crippen molar-refractivity contribution >= 4 is 11.5 Å². The zero-order valence-corrected chi connectivity index (χ0v) is 9.96. The predicted molar refractivity (Wildman–Crippen MR) is 64.0 cm³/mol. The lowest BCUT2D eigenvalue weighted by molar-refractivity contribution is 0.0640. The molecule has 0 bridgehead atoms. The number of nitrogens with zero attached hydrogens (tertiary/aromatic N) is 3. The summed E-state index contributed by atoms with van der Waals surface area (Å²) in [6.45, 7) is 5.04. The van der Waals surface area contributed by atoms with Crippen LogP contribution in [-0.4, -0.2) is 33.7 Å². The molecule has 2 heterocycles. The third-order valence-electron chi connectivity index (χ3n) is 2.23. The fourth-order valence-electron chi connectivity index (χ4n) is 1.51. The summed E-state index contributed by atoms with van der Waals surface area (Å²) in [6.07, 6.45) is 5.08. The minimum Gasteiger partial charge on any atom is -0.470 e. The molecule has 92 valence electrons. The zero-order chi connectivity index (χ0) is 12.3. The first-order valence-electron chi connectivity index (χ1n) is 5.54. The highest BCUT2D eigenvalue weighted by Crippen LogP contribution is 2.18. The first-order chi connectivity index (χ1) is 8.20. The number of hydrogen-bond acceptors (Lipinski definition) is 5. The molecule has 0 aromatic carbocycles. The monoisotopic (exact) mass is 236 g/mol. The summed E-state index contributed by atoms with van der Waals surface area (Å²) >= 11 is 0. The van der Waals surface area contributed by atoms with Crippen LogP contribution in [0.3, 0.4) is 0 Å². The molecule has 2 rings (SSSR count). The number of nitrogen functional groups attached to an aromatic ring is 1. The van der Waals surface area contributed by atoms with Crippen molar-refractivity contribution in [3.63, 3.8) is 0 Å². The summed E-state index contributed by atoms with van der Waals surface area (Å²) in [5.74, 6) is 0.830. The van der Waals surface area contributed by atoms with Crippen LogP contribution in [0.15, 0.2) is 18.6 Å². The van der Waals surface area contributed by atoms with E-state index in [1.165, 1.54) is 0 Å². The average molecular weight is 236 g/mol. The molecule has 0 aliphatic carbocycles. The van der Waals surface area contributed by atoms with E-state index in [1.54, 1.807) is 23.0 Å². The van der Waals surface area contributed by atoms with Crippen LogP contribution >= 0.6 is 0 Å². The predicted octanol–water partition coefficient (Wildman–Crippen LogP) is 1.12. The Hall–Kier alpha value is -1.82. The molecule has 1 atom stereocenters. The number of ether oxygens (including phenoxy) is 2. The number of imidazole rings is 1. The molecule has 0 spiro atoms. The first-order valence-corrected chi connectivity index (χ1v) is 5.54. The molecule has 0 aliphatic rings. The maximum Gasteiger partial charge on any atom is 0.260 e. The topological polar surface area (TPSA) is 74.7 Å². The minimum atomic E-state index is -0.0928. The van der Waals surface area contributed by atoms with E-state index >= 15 is 0 Å². The van der Waals surface area contributed by atoms with Crippen molar-refractivity contribution in [2.75, 3.05) is 18.9 Å². The van der Waals surface area contributed by atoms with Crippen molar-refractivity contribution in [2.24, 2.45) is 0 Å². The van der Waals surface area contributed by atoms with Gasteiger partial charge in [-0.15, -0.1) is 0 Å². The van der Waals surface area contributed by atoms with Crippen LogP contribution < -0.4 is 10.5 Å². The number of rotatable bonds is 5. The second-order valence-corrected chi connectivity index (χ2v) is 3.72. The van der Waals surface area contributed by atoms with Crippen LogP contribution in [0.2, 0.25) is 0 Å². The Morgan fingerprint density at radius 3 is 3.12 bits per heavy atom. The van der Waals surface area contributed by atoms with Gasteiger partial charge < -0.3 is 15.2 Å². The largest absolute Gasteiger partial charge is 0.470 e. The number of fused-ring (bicyclic) bond motifs is 1. The SMILES string of the molecule is CCOCC(C)Oc1nc(N)cn2ccnc12. The van der Waals surface area contributed by atoms with Gasteiger partial charge in [0.25, 0.3) is 5.88 Å². The van der Waals surface area contributed by atoms with Crippen LogP contribution in [0.5, 0.6) is 5.88 Å². The number of aromatic nitrogens is 3. The quantitative estimate of drug-likeness (QED) is 0.841. The standard InChI is InChI=1S/C11H16N4O2/c1-3-16-7-8(2)17-11-10-13-4-5-15(10)6-9(12)14-11/h4-6,8H,3,7,12H2,1-2H3. The van der Waals surface area contributed by atoms with Crippen molar-refractivity contribution in [3.8, 4) is 5.88 Å². The molecule has 1 unspecified atom stereocenters. The average Bonchev–Trinajstić information content (AvgIpc) is 2.74. The van der Waals surface area contributed by atoms with Crippen molar-refractivity contribution in [1.29, 1.82) is 0 Å².